The van der Waals surface area contributed by atoms with Gasteiger partial charge in [-0.15, -0.1) is 11.8 Å². The maximum absolute atomic E-state index is 5.71. The summed E-state index contributed by atoms with van der Waals surface area (Å²) in [5.41, 5.74) is 8.12. The maximum Gasteiger partial charge on any atom is 0.122 e. The van der Waals surface area contributed by atoms with Gasteiger partial charge in [0.2, 0.25) is 0 Å². The van der Waals surface area contributed by atoms with Crippen LogP contribution >= 0.6 is 11.8 Å². The van der Waals surface area contributed by atoms with Crippen LogP contribution in [0.15, 0.2) is 53.4 Å². The zero-order valence-corrected chi connectivity index (χ0v) is 11.5. The highest BCUT2D eigenvalue weighted by Crippen LogP contribution is 2.36. The number of fused-ring (bicyclic) bond motifs is 1. The molecule has 1 heterocycles. The molecule has 0 aromatic heterocycles. The van der Waals surface area contributed by atoms with Crippen LogP contribution in [0.1, 0.15) is 17.0 Å². The first-order valence-electron chi connectivity index (χ1n) is 6.50. The van der Waals surface area contributed by atoms with Gasteiger partial charge in [-0.25, -0.2) is 0 Å². The number of thioether (sulfide) groups is 1. The number of nitrogens with two attached hydrogens (primary N) is 1. The van der Waals surface area contributed by atoms with Crippen molar-refractivity contribution < 1.29 is 4.74 Å². The topological polar surface area (TPSA) is 35.2 Å². The van der Waals surface area contributed by atoms with Crippen LogP contribution in [-0.2, 0) is 6.54 Å². The molecule has 0 bridgehead atoms. The Bertz CT molecular complexity index is 553. The third-order valence-electron chi connectivity index (χ3n) is 3.41. The normalized spacial score (nSPS) is 17.0. The van der Waals surface area contributed by atoms with Gasteiger partial charge in [-0.3, -0.25) is 0 Å². The molecule has 2 N–H and O–H groups in total. The number of ether oxygens (including phenoxy) is 1. The predicted molar refractivity (Wildman–Crippen MR) is 79.7 cm³/mol. The van der Waals surface area contributed by atoms with Crippen LogP contribution in [0.5, 0.6) is 5.75 Å². The summed E-state index contributed by atoms with van der Waals surface area (Å²) < 4.78 is 5.71. The van der Waals surface area contributed by atoms with Crippen molar-refractivity contribution in [3.8, 4) is 5.75 Å². The average Bonchev–Trinajstić information content (AvgIpc) is 2.89. The Morgan fingerprint density at radius 3 is 2.68 bits per heavy atom. The molecule has 0 radical (unpaired) electrons. The van der Waals surface area contributed by atoms with Crippen LogP contribution in [0, 0.1) is 0 Å². The fourth-order valence-corrected chi connectivity index (χ4v) is 3.28. The summed E-state index contributed by atoms with van der Waals surface area (Å²) in [5, 5.41) is 0. The van der Waals surface area contributed by atoms with E-state index in [0.29, 0.717) is 12.5 Å². The second-order valence-electron chi connectivity index (χ2n) is 4.70. The summed E-state index contributed by atoms with van der Waals surface area (Å²) in [5.74, 6) is 2.60. The third kappa shape index (κ3) is 2.77. The molecule has 2 aromatic rings. The quantitative estimate of drug-likeness (QED) is 0.865. The van der Waals surface area contributed by atoms with Crippen LogP contribution in [0.4, 0.5) is 0 Å². The van der Waals surface area contributed by atoms with Crippen LogP contribution < -0.4 is 10.5 Å². The van der Waals surface area contributed by atoms with Gasteiger partial charge in [-0.05, 0) is 23.8 Å². The average molecular weight is 271 g/mol. The molecule has 2 nitrogen and oxygen atoms in total. The summed E-state index contributed by atoms with van der Waals surface area (Å²) in [7, 11) is 0. The smallest absolute Gasteiger partial charge is 0.122 e. The number of rotatable bonds is 4. The largest absolute Gasteiger partial charge is 0.493 e. The van der Waals surface area contributed by atoms with Crippen molar-refractivity contribution in [3.63, 3.8) is 0 Å². The second kappa shape index (κ2) is 5.68. The minimum atomic E-state index is 0.496. The summed E-state index contributed by atoms with van der Waals surface area (Å²) in [4.78, 5) is 1.29. The van der Waals surface area contributed by atoms with Gasteiger partial charge < -0.3 is 10.5 Å². The van der Waals surface area contributed by atoms with Crippen LogP contribution in [0.2, 0.25) is 0 Å². The van der Waals surface area contributed by atoms with Gasteiger partial charge in [0.1, 0.15) is 5.75 Å². The monoisotopic (exact) mass is 271 g/mol. The van der Waals surface area contributed by atoms with Gasteiger partial charge in [0.15, 0.2) is 0 Å². The van der Waals surface area contributed by atoms with E-state index in [1.54, 1.807) is 0 Å². The van der Waals surface area contributed by atoms with E-state index in [1.807, 2.05) is 17.8 Å². The van der Waals surface area contributed by atoms with E-state index >= 15 is 0 Å². The third-order valence-corrected chi connectivity index (χ3v) is 4.58. The van der Waals surface area contributed by atoms with Crippen LogP contribution in [0.25, 0.3) is 0 Å². The van der Waals surface area contributed by atoms with Crippen molar-refractivity contribution >= 4 is 11.8 Å². The lowest BCUT2D eigenvalue weighted by Crippen LogP contribution is -2.03. The van der Waals surface area contributed by atoms with Crippen molar-refractivity contribution in [3.05, 3.63) is 59.7 Å². The molecule has 0 saturated carbocycles. The van der Waals surface area contributed by atoms with Crippen molar-refractivity contribution in [2.75, 3.05) is 12.4 Å². The van der Waals surface area contributed by atoms with E-state index in [1.165, 1.54) is 16.0 Å². The van der Waals surface area contributed by atoms with E-state index in [-0.39, 0.29) is 0 Å². The van der Waals surface area contributed by atoms with E-state index in [9.17, 15) is 0 Å². The Kier molecular flexibility index (Phi) is 3.76. The first kappa shape index (κ1) is 12.6. The summed E-state index contributed by atoms with van der Waals surface area (Å²) in [6.07, 6.45) is 0. The van der Waals surface area contributed by atoms with Gasteiger partial charge in [0, 0.05) is 28.7 Å². The molecule has 3 rings (SSSR count). The lowest BCUT2D eigenvalue weighted by atomic mass is 10.0. The van der Waals surface area contributed by atoms with Crippen molar-refractivity contribution in [2.24, 2.45) is 5.73 Å². The fraction of sp³-hybridized carbons (Fsp3) is 0.250. The van der Waals surface area contributed by atoms with Crippen molar-refractivity contribution in [1.82, 2.24) is 0 Å². The predicted octanol–water partition coefficient (Wildman–Crippen LogP) is 3.41. The Balaban J connectivity index is 1.64. The summed E-state index contributed by atoms with van der Waals surface area (Å²) in [6, 6.07) is 16.8. The molecule has 0 spiro atoms. The lowest BCUT2D eigenvalue weighted by Gasteiger charge is -2.08. The lowest BCUT2D eigenvalue weighted by molar-refractivity contribution is 0.339. The Labute approximate surface area is 118 Å². The Morgan fingerprint density at radius 2 is 1.89 bits per heavy atom. The van der Waals surface area contributed by atoms with Gasteiger partial charge in [0.05, 0.1) is 6.61 Å². The SMILES string of the molecule is NCc1ccc(SCC2COc3ccccc32)cc1. The Hall–Kier alpha value is -1.45. The van der Waals surface area contributed by atoms with Gasteiger partial charge in [0.25, 0.3) is 0 Å². The van der Waals surface area contributed by atoms with E-state index < -0.39 is 0 Å². The fourth-order valence-electron chi connectivity index (χ4n) is 2.29. The molecular weight excluding hydrogens is 254 g/mol. The zero-order valence-electron chi connectivity index (χ0n) is 10.7. The number of benzene rings is 2. The molecule has 3 heteroatoms. The van der Waals surface area contributed by atoms with E-state index in [2.05, 4.69) is 42.5 Å². The number of para-hydroxylation sites is 1. The number of hydrogen-bond donors (Lipinski definition) is 1. The minimum Gasteiger partial charge on any atom is -0.493 e. The molecule has 1 atom stereocenters. The highest BCUT2D eigenvalue weighted by molar-refractivity contribution is 7.99. The second-order valence-corrected chi connectivity index (χ2v) is 5.80. The van der Waals surface area contributed by atoms with E-state index in [0.717, 1.165) is 18.1 Å². The van der Waals surface area contributed by atoms with Gasteiger partial charge in [-0.1, -0.05) is 30.3 Å². The molecule has 0 saturated heterocycles. The first-order valence-corrected chi connectivity index (χ1v) is 7.49. The molecule has 1 aliphatic heterocycles. The Morgan fingerprint density at radius 1 is 1.11 bits per heavy atom. The summed E-state index contributed by atoms with van der Waals surface area (Å²) in [6.45, 7) is 1.40. The highest BCUT2D eigenvalue weighted by Gasteiger charge is 2.23. The molecule has 0 amide bonds. The zero-order chi connectivity index (χ0) is 13.1. The summed E-state index contributed by atoms with van der Waals surface area (Å²) >= 11 is 1.88. The van der Waals surface area contributed by atoms with Gasteiger partial charge >= 0.3 is 0 Å². The molecule has 1 aliphatic rings. The molecule has 0 fully saturated rings. The maximum atomic E-state index is 5.71. The van der Waals surface area contributed by atoms with E-state index in [4.69, 9.17) is 10.5 Å². The molecule has 98 valence electrons. The van der Waals surface area contributed by atoms with Crippen LogP contribution in [0.3, 0.4) is 0 Å². The minimum absolute atomic E-state index is 0.496. The molecular formula is C16H17NOS. The van der Waals surface area contributed by atoms with Crippen molar-refractivity contribution in [2.45, 2.75) is 17.4 Å². The molecule has 19 heavy (non-hydrogen) atoms. The molecule has 1 unspecified atom stereocenters. The van der Waals surface area contributed by atoms with Crippen molar-refractivity contribution in [1.29, 1.82) is 0 Å². The first-order chi connectivity index (χ1) is 9.36. The standard InChI is InChI=1S/C16H17NOS/c17-9-12-5-7-14(8-6-12)19-11-13-10-18-16-4-2-1-3-15(13)16/h1-8,13H,9-11,17H2. The highest BCUT2D eigenvalue weighted by atomic mass is 32.2. The van der Waals surface area contributed by atoms with Crippen LogP contribution in [-0.4, -0.2) is 12.4 Å². The molecule has 0 aliphatic carbocycles. The molecule has 2 aromatic carbocycles. The van der Waals surface area contributed by atoms with Gasteiger partial charge in [-0.2, -0.15) is 0 Å². The number of hydrogen-bond acceptors (Lipinski definition) is 3.